The van der Waals surface area contributed by atoms with E-state index in [0.717, 1.165) is 27.3 Å². The van der Waals surface area contributed by atoms with Gasteiger partial charge in [-0.05, 0) is 79.4 Å². The fraction of sp³-hybridized carbons (Fsp3) is 0.190. The Kier molecular flexibility index (Phi) is 7.17. The average molecular weight is 603 g/mol. The van der Waals surface area contributed by atoms with Gasteiger partial charge in [-0.15, -0.1) is 11.3 Å². The second-order valence-corrected chi connectivity index (χ2v) is 15.0. The number of aliphatic imine (C=N–C) groups is 1. The molecule has 222 valence electrons. The smallest absolute Gasteiger partial charge is 0.126 e. The molecule has 0 fully saturated rings. The third-order valence-electron chi connectivity index (χ3n) is 8.70. The van der Waals surface area contributed by atoms with E-state index in [1.54, 1.807) is 11.3 Å². The number of fused-ring (bicyclic) bond motifs is 4. The van der Waals surface area contributed by atoms with Gasteiger partial charge in [0.1, 0.15) is 5.01 Å². The fourth-order valence-electron chi connectivity index (χ4n) is 6.04. The molecular weight excluding hydrogens is 565 g/mol. The number of rotatable bonds is 4. The molecule has 0 aliphatic carbocycles. The minimum Gasteiger partial charge on any atom is -0.256 e. The zero-order valence-electron chi connectivity index (χ0n) is 26.8. The quantitative estimate of drug-likeness (QED) is 0.145. The highest BCUT2D eigenvalue weighted by Crippen LogP contribution is 2.42. The monoisotopic (exact) mass is 602 g/mol. The first-order valence-corrected chi connectivity index (χ1v) is 16.5. The summed E-state index contributed by atoms with van der Waals surface area (Å²) in [6.07, 6.45) is 2.01. The summed E-state index contributed by atoms with van der Waals surface area (Å²) in [5.41, 5.74) is 9.28. The van der Waals surface area contributed by atoms with Gasteiger partial charge < -0.3 is 0 Å². The lowest BCUT2D eigenvalue weighted by atomic mass is 9.84. The molecule has 0 amide bonds. The third-order valence-corrected chi connectivity index (χ3v) is 9.74. The van der Waals surface area contributed by atoms with Gasteiger partial charge in [-0.2, -0.15) is 0 Å². The van der Waals surface area contributed by atoms with Crippen LogP contribution in [0.2, 0.25) is 0 Å². The minimum absolute atomic E-state index is 0.0171. The van der Waals surface area contributed by atoms with Crippen molar-refractivity contribution < 1.29 is 0 Å². The summed E-state index contributed by atoms with van der Waals surface area (Å²) in [6.45, 7) is 13.6. The summed E-state index contributed by atoms with van der Waals surface area (Å²) in [7, 11) is 0. The molecule has 3 heteroatoms. The summed E-state index contributed by atoms with van der Waals surface area (Å²) < 4.78 is 1.20. The van der Waals surface area contributed by atoms with Crippen molar-refractivity contribution in [2.45, 2.75) is 52.4 Å². The second-order valence-electron chi connectivity index (χ2n) is 14.0. The first-order valence-electron chi connectivity index (χ1n) is 15.7. The molecule has 0 atom stereocenters. The van der Waals surface area contributed by atoms with Crippen molar-refractivity contribution in [2.24, 2.45) is 4.99 Å². The minimum atomic E-state index is 0.0171. The van der Waals surface area contributed by atoms with E-state index in [-0.39, 0.29) is 10.8 Å². The molecule has 7 aromatic rings. The van der Waals surface area contributed by atoms with E-state index in [0.29, 0.717) is 0 Å². The van der Waals surface area contributed by atoms with Gasteiger partial charge >= 0.3 is 0 Å². The predicted octanol–water partition coefficient (Wildman–Crippen LogP) is 12.3. The van der Waals surface area contributed by atoms with Gasteiger partial charge in [0.25, 0.3) is 0 Å². The van der Waals surface area contributed by atoms with E-state index in [9.17, 15) is 0 Å². The van der Waals surface area contributed by atoms with E-state index in [1.807, 2.05) is 6.21 Å². The molecule has 0 aliphatic rings. The second kappa shape index (κ2) is 11.1. The number of thiazole rings is 1. The largest absolute Gasteiger partial charge is 0.256 e. The van der Waals surface area contributed by atoms with E-state index in [4.69, 9.17) is 9.98 Å². The van der Waals surface area contributed by atoms with Gasteiger partial charge in [-0.25, -0.2) is 4.98 Å². The van der Waals surface area contributed by atoms with E-state index in [2.05, 4.69) is 157 Å². The van der Waals surface area contributed by atoms with Crippen LogP contribution < -0.4 is 0 Å². The highest BCUT2D eigenvalue weighted by Gasteiger charge is 2.21. The number of para-hydroxylation sites is 1. The van der Waals surface area contributed by atoms with Gasteiger partial charge in [0.2, 0.25) is 0 Å². The van der Waals surface area contributed by atoms with E-state index >= 15 is 0 Å². The normalized spacial score (nSPS) is 12.6. The van der Waals surface area contributed by atoms with E-state index < -0.39 is 0 Å². The molecule has 0 spiro atoms. The van der Waals surface area contributed by atoms with Crippen LogP contribution in [0.25, 0.3) is 53.5 Å². The highest BCUT2D eigenvalue weighted by molar-refractivity contribution is 7.21. The number of nitrogens with zero attached hydrogens (tertiary/aromatic N) is 2. The average Bonchev–Trinajstić information content (AvgIpc) is 3.47. The van der Waals surface area contributed by atoms with Gasteiger partial charge in [0.05, 0.1) is 15.9 Å². The summed E-state index contributed by atoms with van der Waals surface area (Å²) in [5.74, 6) is 0. The lowest BCUT2D eigenvalue weighted by Gasteiger charge is -2.21. The summed E-state index contributed by atoms with van der Waals surface area (Å²) >= 11 is 1.75. The maximum atomic E-state index is 5.30. The maximum Gasteiger partial charge on any atom is 0.126 e. The van der Waals surface area contributed by atoms with Crippen molar-refractivity contribution in [3.8, 4) is 21.7 Å². The Morgan fingerprint density at radius 3 is 1.98 bits per heavy atom. The lowest BCUT2D eigenvalue weighted by Crippen LogP contribution is -2.11. The van der Waals surface area contributed by atoms with Crippen molar-refractivity contribution in [3.63, 3.8) is 0 Å². The number of benzene rings is 6. The predicted molar refractivity (Wildman–Crippen MR) is 197 cm³/mol. The molecule has 0 N–H and O–H groups in total. The molecule has 0 radical (unpaired) electrons. The molecule has 7 rings (SSSR count). The van der Waals surface area contributed by atoms with Crippen LogP contribution in [-0.2, 0) is 10.8 Å². The standard InChI is InChI=1S/C42H38N2S/c1-41(2,3)30-21-19-27(20-22-30)36-24-31(42(4,5)6)25-38-39(36)44-40(45-38)35-17-11-12-18-37(35)43-26-29-23-28-13-7-8-14-32(28)34-16-10-9-15-33(29)34/h7-26H,1-6H3. The zero-order chi connectivity index (χ0) is 31.3. The SMILES string of the molecule is CC(C)(C)c1ccc(-c2cc(C(C)(C)C)cc3sc(-c4ccccc4N=Cc4cc5ccccc5c5ccccc45)nc23)cc1. The maximum absolute atomic E-state index is 5.30. The van der Waals surface area contributed by atoms with Gasteiger partial charge in [-0.3, -0.25) is 4.99 Å². The van der Waals surface area contributed by atoms with Crippen LogP contribution in [0, 0.1) is 0 Å². The number of aromatic nitrogens is 1. The molecule has 0 aliphatic heterocycles. The van der Waals surface area contributed by atoms with Crippen LogP contribution in [0.5, 0.6) is 0 Å². The Hall–Kier alpha value is -4.60. The van der Waals surface area contributed by atoms with Crippen LogP contribution in [-0.4, -0.2) is 11.2 Å². The van der Waals surface area contributed by atoms with Crippen molar-refractivity contribution in [1.82, 2.24) is 4.98 Å². The summed E-state index contributed by atoms with van der Waals surface area (Å²) in [6, 6.07) is 41.5. The van der Waals surface area contributed by atoms with Crippen LogP contribution in [0.4, 0.5) is 5.69 Å². The Labute approximate surface area is 270 Å². The van der Waals surface area contributed by atoms with Gasteiger partial charge in [0.15, 0.2) is 0 Å². The first-order chi connectivity index (χ1) is 21.6. The van der Waals surface area contributed by atoms with Crippen molar-refractivity contribution in [1.29, 1.82) is 0 Å². The highest BCUT2D eigenvalue weighted by atomic mass is 32.1. The zero-order valence-corrected chi connectivity index (χ0v) is 27.7. The molecule has 0 bridgehead atoms. The van der Waals surface area contributed by atoms with Crippen molar-refractivity contribution in [3.05, 3.63) is 132 Å². The Balaban J connectivity index is 1.35. The molecule has 6 aromatic carbocycles. The topological polar surface area (TPSA) is 25.2 Å². The number of hydrogen-bond acceptors (Lipinski definition) is 3. The molecule has 1 aromatic heterocycles. The molecular formula is C42H38N2S. The number of hydrogen-bond donors (Lipinski definition) is 0. The van der Waals surface area contributed by atoms with Crippen LogP contribution in [0.15, 0.2) is 120 Å². The van der Waals surface area contributed by atoms with E-state index in [1.165, 1.54) is 48.5 Å². The Morgan fingerprint density at radius 2 is 1.24 bits per heavy atom. The van der Waals surface area contributed by atoms with Gasteiger partial charge in [0, 0.05) is 22.9 Å². The lowest BCUT2D eigenvalue weighted by molar-refractivity contribution is 0.590. The molecule has 2 nitrogen and oxygen atoms in total. The first kappa shape index (κ1) is 29.1. The van der Waals surface area contributed by atoms with Crippen LogP contribution in [0.3, 0.4) is 0 Å². The summed E-state index contributed by atoms with van der Waals surface area (Å²) in [4.78, 5) is 10.4. The molecule has 0 saturated carbocycles. The fourth-order valence-corrected chi connectivity index (χ4v) is 7.11. The van der Waals surface area contributed by atoms with Crippen molar-refractivity contribution in [2.75, 3.05) is 0 Å². The molecule has 1 heterocycles. The third kappa shape index (κ3) is 5.58. The van der Waals surface area contributed by atoms with Crippen LogP contribution >= 0.6 is 11.3 Å². The summed E-state index contributed by atoms with van der Waals surface area (Å²) in [5, 5.41) is 5.91. The molecule has 0 saturated heterocycles. The Bertz CT molecular complexity index is 2220. The van der Waals surface area contributed by atoms with Crippen LogP contribution in [0.1, 0.15) is 58.2 Å². The van der Waals surface area contributed by atoms with Gasteiger partial charge in [-0.1, -0.05) is 126 Å². The Morgan fingerprint density at radius 1 is 0.600 bits per heavy atom. The van der Waals surface area contributed by atoms with Crippen molar-refractivity contribution >= 4 is 55.0 Å². The molecule has 0 unspecified atom stereocenters. The molecule has 45 heavy (non-hydrogen) atoms.